The molecule has 0 spiro atoms. The van der Waals surface area contributed by atoms with Crippen molar-refractivity contribution in [1.29, 1.82) is 0 Å². The molecule has 1 aromatic rings. The monoisotopic (exact) mass is 290 g/mol. The number of fused-ring (bicyclic) bond motifs is 2. The Kier molecular flexibility index (Phi) is 4.36. The highest BCUT2D eigenvalue weighted by Crippen LogP contribution is 2.39. The third kappa shape index (κ3) is 2.88. The maximum absolute atomic E-state index is 4.60. The van der Waals surface area contributed by atoms with Crippen LogP contribution < -0.4 is 5.32 Å². The fraction of sp³-hybridized carbons (Fsp3) is 0.824. The summed E-state index contributed by atoms with van der Waals surface area (Å²) in [6, 6.07) is 4.49. The predicted molar refractivity (Wildman–Crippen MR) is 86.5 cm³/mol. The average molecular weight is 290 g/mol. The zero-order valence-electron chi connectivity index (χ0n) is 14.0. The van der Waals surface area contributed by atoms with Gasteiger partial charge in [0.05, 0.1) is 5.69 Å². The van der Waals surface area contributed by atoms with E-state index in [9.17, 15) is 0 Å². The topological polar surface area (TPSA) is 33.1 Å². The second-order valence-corrected chi connectivity index (χ2v) is 6.97. The minimum absolute atomic E-state index is 0.586. The molecule has 2 bridgehead atoms. The first-order valence-electron chi connectivity index (χ1n) is 8.54. The van der Waals surface area contributed by atoms with Crippen LogP contribution in [-0.2, 0) is 13.0 Å². The molecule has 0 radical (unpaired) electrons. The molecule has 2 aliphatic rings. The van der Waals surface area contributed by atoms with Crippen molar-refractivity contribution in [2.24, 2.45) is 5.92 Å². The molecule has 0 aliphatic carbocycles. The molecule has 21 heavy (non-hydrogen) atoms. The van der Waals surface area contributed by atoms with Gasteiger partial charge in [-0.25, -0.2) is 0 Å². The van der Waals surface area contributed by atoms with Gasteiger partial charge in [-0.05, 0) is 65.6 Å². The van der Waals surface area contributed by atoms with Gasteiger partial charge < -0.3 is 10.2 Å². The Hall–Kier alpha value is -0.870. The molecule has 3 heterocycles. The lowest BCUT2D eigenvalue weighted by Crippen LogP contribution is -2.47. The van der Waals surface area contributed by atoms with E-state index in [0.717, 1.165) is 36.7 Å². The molecule has 2 saturated heterocycles. The van der Waals surface area contributed by atoms with Gasteiger partial charge in [0.1, 0.15) is 0 Å². The lowest BCUT2D eigenvalue weighted by molar-refractivity contribution is 0.113. The second kappa shape index (κ2) is 6.09. The quantitative estimate of drug-likeness (QED) is 0.902. The highest BCUT2D eigenvalue weighted by atomic mass is 15.3. The normalized spacial score (nSPS) is 30.8. The van der Waals surface area contributed by atoms with Gasteiger partial charge in [0.25, 0.3) is 0 Å². The summed E-state index contributed by atoms with van der Waals surface area (Å²) in [5.41, 5.74) is 2.53. The molecule has 1 aromatic heterocycles. The van der Waals surface area contributed by atoms with Crippen molar-refractivity contribution in [2.45, 2.75) is 70.6 Å². The van der Waals surface area contributed by atoms with Crippen LogP contribution in [0.1, 0.15) is 44.0 Å². The molecule has 1 N–H and O–H groups in total. The minimum Gasteiger partial charge on any atom is -0.316 e. The van der Waals surface area contributed by atoms with Gasteiger partial charge >= 0.3 is 0 Å². The summed E-state index contributed by atoms with van der Waals surface area (Å²) in [5, 5.41) is 8.20. The van der Waals surface area contributed by atoms with E-state index in [1.807, 2.05) is 0 Å². The van der Waals surface area contributed by atoms with Gasteiger partial charge in [-0.15, -0.1) is 0 Å². The molecule has 0 amide bonds. The van der Waals surface area contributed by atoms with Crippen LogP contribution in [0.5, 0.6) is 0 Å². The third-order valence-electron chi connectivity index (χ3n) is 5.79. The number of nitrogens with one attached hydrogen (secondary N) is 1. The van der Waals surface area contributed by atoms with Gasteiger partial charge in [0.2, 0.25) is 0 Å². The Balaban J connectivity index is 1.71. The van der Waals surface area contributed by atoms with Crippen LogP contribution in [-0.4, -0.2) is 46.9 Å². The Morgan fingerprint density at radius 2 is 2.00 bits per heavy atom. The molecule has 2 aliphatic heterocycles. The van der Waals surface area contributed by atoms with Gasteiger partial charge in [-0.1, -0.05) is 0 Å². The van der Waals surface area contributed by atoms with E-state index in [1.54, 1.807) is 0 Å². The van der Waals surface area contributed by atoms with Crippen molar-refractivity contribution in [3.05, 3.63) is 17.5 Å². The Morgan fingerprint density at radius 3 is 2.57 bits per heavy atom. The van der Waals surface area contributed by atoms with Crippen LogP contribution in [0.3, 0.4) is 0 Å². The second-order valence-electron chi connectivity index (χ2n) is 6.97. The van der Waals surface area contributed by atoms with E-state index < -0.39 is 0 Å². The molecule has 3 atom stereocenters. The van der Waals surface area contributed by atoms with E-state index in [2.05, 4.69) is 54.0 Å². The van der Waals surface area contributed by atoms with Gasteiger partial charge in [-0.3, -0.25) is 4.68 Å². The summed E-state index contributed by atoms with van der Waals surface area (Å²) >= 11 is 0. The minimum atomic E-state index is 0.586. The van der Waals surface area contributed by atoms with E-state index in [-0.39, 0.29) is 0 Å². The molecule has 3 unspecified atom stereocenters. The van der Waals surface area contributed by atoms with Crippen molar-refractivity contribution >= 4 is 0 Å². The highest BCUT2D eigenvalue weighted by Gasteiger charge is 2.40. The van der Waals surface area contributed by atoms with E-state index >= 15 is 0 Å². The van der Waals surface area contributed by atoms with Crippen LogP contribution in [0.2, 0.25) is 0 Å². The van der Waals surface area contributed by atoms with Crippen LogP contribution >= 0.6 is 0 Å². The van der Waals surface area contributed by atoms with Crippen molar-refractivity contribution in [2.75, 3.05) is 14.1 Å². The van der Waals surface area contributed by atoms with Crippen molar-refractivity contribution < 1.29 is 0 Å². The van der Waals surface area contributed by atoms with Crippen molar-refractivity contribution in [3.8, 4) is 0 Å². The molecule has 0 saturated carbocycles. The summed E-state index contributed by atoms with van der Waals surface area (Å²) in [4.78, 5) is 2.63. The molecule has 118 valence electrons. The van der Waals surface area contributed by atoms with E-state index in [1.165, 1.54) is 31.4 Å². The molecule has 4 nitrogen and oxygen atoms in total. The van der Waals surface area contributed by atoms with Gasteiger partial charge in [0.15, 0.2) is 0 Å². The zero-order valence-corrected chi connectivity index (χ0v) is 14.0. The first kappa shape index (κ1) is 15.0. The number of aryl methyl sites for hydroxylation is 2. The first-order valence-corrected chi connectivity index (χ1v) is 8.54. The van der Waals surface area contributed by atoms with Gasteiger partial charge in [0, 0.05) is 36.8 Å². The van der Waals surface area contributed by atoms with Crippen LogP contribution in [0.25, 0.3) is 0 Å². The molecule has 2 fully saturated rings. The Bertz CT molecular complexity index is 467. The third-order valence-corrected chi connectivity index (χ3v) is 5.79. The summed E-state index contributed by atoms with van der Waals surface area (Å²) in [6.45, 7) is 5.25. The Morgan fingerprint density at radius 1 is 1.33 bits per heavy atom. The standard InChI is InChI=1S/C17H30N4/c1-5-21-16(8-12(2)19-21)11-17(18-3)13-9-14-6-7-15(10-13)20(14)4/h8,13-15,17-18H,5-7,9-11H2,1-4H3. The van der Waals surface area contributed by atoms with Gasteiger partial charge in [-0.2, -0.15) is 5.10 Å². The molecular formula is C17H30N4. The van der Waals surface area contributed by atoms with Crippen molar-refractivity contribution in [3.63, 3.8) is 0 Å². The van der Waals surface area contributed by atoms with E-state index in [4.69, 9.17) is 0 Å². The number of hydrogen-bond donors (Lipinski definition) is 1. The summed E-state index contributed by atoms with van der Waals surface area (Å²) in [6.07, 6.45) is 6.63. The SMILES string of the molecule is CCn1nc(C)cc1CC(NC)C1CC2CCC(C1)N2C. The smallest absolute Gasteiger partial charge is 0.0596 e. The lowest BCUT2D eigenvalue weighted by Gasteiger charge is -2.39. The number of nitrogens with zero attached hydrogens (tertiary/aromatic N) is 3. The Labute approximate surface area is 128 Å². The van der Waals surface area contributed by atoms with Crippen molar-refractivity contribution in [1.82, 2.24) is 20.0 Å². The molecular weight excluding hydrogens is 260 g/mol. The fourth-order valence-corrected chi connectivity index (χ4v) is 4.55. The van der Waals surface area contributed by atoms with Crippen LogP contribution in [0, 0.1) is 12.8 Å². The average Bonchev–Trinajstić information content (AvgIpc) is 2.90. The molecule has 4 heteroatoms. The maximum atomic E-state index is 4.60. The maximum Gasteiger partial charge on any atom is 0.0596 e. The fourth-order valence-electron chi connectivity index (χ4n) is 4.55. The summed E-state index contributed by atoms with van der Waals surface area (Å²) < 4.78 is 2.17. The highest BCUT2D eigenvalue weighted by molar-refractivity contribution is 5.11. The van der Waals surface area contributed by atoms with Crippen LogP contribution in [0.4, 0.5) is 0 Å². The van der Waals surface area contributed by atoms with Crippen LogP contribution in [0.15, 0.2) is 6.07 Å². The number of rotatable bonds is 5. The summed E-state index contributed by atoms with van der Waals surface area (Å²) in [7, 11) is 4.45. The molecule has 3 rings (SSSR count). The largest absolute Gasteiger partial charge is 0.316 e. The molecule has 0 aromatic carbocycles. The first-order chi connectivity index (χ1) is 10.1. The predicted octanol–water partition coefficient (Wildman–Crippen LogP) is 2.21. The lowest BCUT2D eigenvalue weighted by atomic mass is 9.83. The number of piperidine rings is 1. The number of likely N-dealkylation sites (N-methyl/N-ethyl adjacent to an activating group) is 1. The number of aromatic nitrogens is 2. The van der Waals surface area contributed by atoms with E-state index in [0.29, 0.717) is 6.04 Å². The number of hydrogen-bond acceptors (Lipinski definition) is 3. The summed E-state index contributed by atoms with van der Waals surface area (Å²) in [5.74, 6) is 0.809. The zero-order chi connectivity index (χ0) is 15.0.